The van der Waals surface area contributed by atoms with Gasteiger partial charge in [0.05, 0.1) is 0 Å². The van der Waals surface area contributed by atoms with Crippen molar-refractivity contribution < 1.29 is 14.4 Å². The Morgan fingerprint density at radius 2 is 1.59 bits per heavy atom. The summed E-state index contributed by atoms with van der Waals surface area (Å²) in [6.07, 6.45) is 0.770. The number of fused-ring (bicyclic) bond motifs is 2. The van der Waals surface area contributed by atoms with E-state index < -0.39 is 11.3 Å². The minimum absolute atomic E-state index is 0.0867. The zero-order valence-electron chi connectivity index (χ0n) is 15.2. The van der Waals surface area contributed by atoms with Gasteiger partial charge in [0.25, 0.3) is 0 Å². The number of halogens is 1. The van der Waals surface area contributed by atoms with Gasteiger partial charge >= 0.3 is 0 Å². The Labute approximate surface area is 172 Å². The largest absolute Gasteiger partial charge is 0.294 e. The second kappa shape index (κ2) is 6.51. The van der Waals surface area contributed by atoms with Crippen LogP contribution in [0.4, 0.5) is 0 Å². The lowest BCUT2D eigenvalue weighted by Gasteiger charge is -2.45. The van der Waals surface area contributed by atoms with E-state index in [9.17, 15) is 14.4 Å². The summed E-state index contributed by atoms with van der Waals surface area (Å²) < 4.78 is 0.802. The third-order valence-electron chi connectivity index (χ3n) is 6.06. The monoisotopic (exact) mass is 470 g/mol. The van der Waals surface area contributed by atoms with Crippen LogP contribution in [0.5, 0.6) is 0 Å². The van der Waals surface area contributed by atoms with Crippen molar-refractivity contribution in [1.82, 2.24) is 0 Å². The third kappa shape index (κ3) is 2.57. The summed E-state index contributed by atoms with van der Waals surface area (Å²) in [5.74, 6) is -1.15. The molecule has 0 saturated carbocycles. The number of carbonyl (C=O) groups is 3. The fourth-order valence-electron chi connectivity index (χ4n) is 4.45. The molecule has 2 aliphatic rings. The fourth-order valence-corrected chi connectivity index (χ4v) is 5.09. The summed E-state index contributed by atoms with van der Waals surface area (Å²) in [6.45, 7) is 3.96. The zero-order chi connectivity index (χ0) is 19.3. The van der Waals surface area contributed by atoms with E-state index in [1.807, 2.05) is 26.0 Å². The molecule has 27 heavy (non-hydrogen) atoms. The highest BCUT2D eigenvalue weighted by molar-refractivity contribution is 14.1. The van der Waals surface area contributed by atoms with E-state index >= 15 is 0 Å². The Morgan fingerprint density at radius 3 is 2.30 bits per heavy atom. The smallest absolute Gasteiger partial charge is 0.178 e. The van der Waals surface area contributed by atoms with E-state index in [0.29, 0.717) is 29.5 Å². The van der Waals surface area contributed by atoms with E-state index in [1.54, 1.807) is 36.4 Å². The number of rotatable bonds is 2. The van der Waals surface area contributed by atoms with Crippen LogP contribution in [-0.2, 0) is 0 Å². The van der Waals surface area contributed by atoms with Crippen molar-refractivity contribution in [3.8, 4) is 0 Å². The average Bonchev–Trinajstić information content (AvgIpc) is 2.67. The minimum Gasteiger partial charge on any atom is -0.294 e. The van der Waals surface area contributed by atoms with Crippen molar-refractivity contribution in [2.24, 2.45) is 11.3 Å². The molecule has 136 valence electrons. The summed E-state index contributed by atoms with van der Waals surface area (Å²) in [5, 5.41) is 0. The molecule has 2 aliphatic carbocycles. The van der Waals surface area contributed by atoms with Gasteiger partial charge in [-0.15, -0.1) is 0 Å². The van der Waals surface area contributed by atoms with Gasteiger partial charge in [0, 0.05) is 26.2 Å². The summed E-state index contributed by atoms with van der Waals surface area (Å²) in [4.78, 5) is 40.8. The molecular weight excluding hydrogens is 451 g/mol. The topological polar surface area (TPSA) is 51.2 Å². The van der Waals surface area contributed by atoms with Gasteiger partial charge in [-0.25, -0.2) is 0 Å². The minimum atomic E-state index is -1.34. The number of allylic oxidation sites excluding steroid dienone is 2. The number of carbonyl (C=O) groups excluding carboxylic acids is 3. The van der Waals surface area contributed by atoms with Crippen LogP contribution in [0.15, 0.2) is 59.7 Å². The first-order chi connectivity index (χ1) is 12.9. The SMILES string of the molecule is CC1=C(C)C[C@]2(C(=O)c3ccccc3I)C(=O)c3ccccc3C(=O)[C@@H]2C1. The summed E-state index contributed by atoms with van der Waals surface area (Å²) >= 11 is 2.12. The average molecular weight is 470 g/mol. The highest BCUT2D eigenvalue weighted by atomic mass is 127. The standard InChI is InChI=1S/C23H19IO3/c1-13-11-18-20(25)15-7-3-4-8-16(15)21(26)23(18,12-14(13)2)22(27)17-9-5-6-10-19(17)24/h3-10,18H,11-12H2,1-2H3/t18-,23+/m0/s1. The predicted molar refractivity (Wildman–Crippen MR) is 112 cm³/mol. The van der Waals surface area contributed by atoms with Crippen molar-refractivity contribution in [3.63, 3.8) is 0 Å². The van der Waals surface area contributed by atoms with Crippen LogP contribution in [-0.4, -0.2) is 17.3 Å². The second-order valence-electron chi connectivity index (χ2n) is 7.51. The van der Waals surface area contributed by atoms with E-state index in [0.717, 1.165) is 14.7 Å². The third-order valence-corrected chi connectivity index (χ3v) is 7.00. The fraction of sp³-hybridized carbons (Fsp3) is 0.261. The molecule has 0 heterocycles. The number of Topliss-reactive ketones (excluding diaryl/α,β-unsaturated/α-hetero) is 3. The molecule has 0 fully saturated rings. The molecule has 2 atom stereocenters. The summed E-state index contributed by atoms with van der Waals surface area (Å²) in [5.41, 5.74) is 2.15. The molecule has 4 rings (SSSR count). The molecule has 0 aliphatic heterocycles. The first-order valence-corrected chi connectivity index (χ1v) is 10.1. The molecule has 0 radical (unpaired) electrons. The van der Waals surface area contributed by atoms with Crippen molar-refractivity contribution in [3.05, 3.63) is 79.9 Å². The number of ketones is 3. The molecular formula is C23H19IO3. The van der Waals surface area contributed by atoms with E-state index in [-0.39, 0.29) is 17.3 Å². The Morgan fingerprint density at radius 1 is 0.963 bits per heavy atom. The van der Waals surface area contributed by atoms with Crippen LogP contribution >= 0.6 is 22.6 Å². The lowest BCUT2D eigenvalue weighted by molar-refractivity contribution is 0.0451. The number of hydrogen-bond acceptors (Lipinski definition) is 3. The molecule has 0 N–H and O–H groups in total. The molecule has 2 aromatic rings. The van der Waals surface area contributed by atoms with Crippen LogP contribution in [0, 0.1) is 14.9 Å². The van der Waals surface area contributed by atoms with Gasteiger partial charge in [0.1, 0.15) is 5.41 Å². The van der Waals surface area contributed by atoms with Crippen molar-refractivity contribution in [2.75, 3.05) is 0 Å². The molecule has 0 bridgehead atoms. The Hall–Kier alpha value is -2.08. The van der Waals surface area contributed by atoms with Crippen molar-refractivity contribution >= 4 is 39.9 Å². The van der Waals surface area contributed by atoms with Crippen LogP contribution < -0.4 is 0 Å². The maximum Gasteiger partial charge on any atom is 0.178 e. The van der Waals surface area contributed by atoms with Gasteiger partial charge in [-0.2, -0.15) is 0 Å². The first kappa shape index (κ1) is 18.3. The quantitative estimate of drug-likeness (QED) is 0.260. The zero-order valence-corrected chi connectivity index (χ0v) is 17.4. The number of benzene rings is 2. The molecule has 2 aromatic carbocycles. The van der Waals surface area contributed by atoms with Gasteiger partial charge < -0.3 is 0 Å². The molecule has 0 aromatic heterocycles. The van der Waals surface area contributed by atoms with Crippen LogP contribution in [0.1, 0.15) is 57.8 Å². The van der Waals surface area contributed by atoms with E-state index in [1.165, 1.54) is 0 Å². The molecule has 0 saturated heterocycles. The van der Waals surface area contributed by atoms with Crippen LogP contribution in [0.2, 0.25) is 0 Å². The Kier molecular flexibility index (Phi) is 4.41. The van der Waals surface area contributed by atoms with Crippen molar-refractivity contribution in [2.45, 2.75) is 26.7 Å². The summed E-state index contributed by atoms with van der Waals surface area (Å²) in [7, 11) is 0. The van der Waals surface area contributed by atoms with Gasteiger partial charge in [0.15, 0.2) is 17.3 Å². The molecule has 4 heteroatoms. The molecule has 0 unspecified atom stereocenters. The van der Waals surface area contributed by atoms with E-state index in [4.69, 9.17) is 0 Å². The molecule has 3 nitrogen and oxygen atoms in total. The van der Waals surface area contributed by atoms with Crippen LogP contribution in [0.25, 0.3) is 0 Å². The van der Waals surface area contributed by atoms with Crippen molar-refractivity contribution in [1.29, 1.82) is 0 Å². The molecule has 0 amide bonds. The van der Waals surface area contributed by atoms with Gasteiger partial charge in [-0.1, -0.05) is 53.6 Å². The highest BCUT2D eigenvalue weighted by Crippen LogP contribution is 2.52. The van der Waals surface area contributed by atoms with Gasteiger partial charge in [-0.3, -0.25) is 14.4 Å². The van der Waals surface area contributed by atoms with E-state index in [2.05, 4.69) is 22.6 Å². The number of hydrogen-bond donors (Lipinski definition) is 0. The Bertz CT molecular complexity index is 1030. The maximum atomic E-state index is 13.8. The lowest BCUT2D eigenvalue weighted by atomic mass is 9.53. The predicted octanol–water partition coefficient (Wildman–Crippen LogP) is 5.29. The first-order valence-electron chi connectivity index (χ1n) is 9.00. The normalized spacial score (nSPS) is 24.5. The lowest BCUT2D eigenvalue weighted by Crippen LogP contribution is -2.54. The summed E-state index contributed by atoms with van der Waals surface area (Å²) in [6, 6.07) is 14.2. The second-order valence-corrected chi connectivity index (χ2v) is 8.68. The Balaban J connectivity index is 1.99. The van der Waals surface area contributed by atoms with Gasteiger partial charge in [-0.05, 0) is 55.3 Å². The van der Waals surface area contributed by atoms with Gasteiger partial charge in [0.2, 0.25) is 0 Å². The highest BCUT2D eigenvalue weighted by Gasteiger charge is 2.59. The van der Waals surface area contributed by atoms with Crippen LogP contribution in [0.3, 0.4) is 0 Å². The molecule has 0 spiro atoms. The maximum absolute atomic E-state index is 13.8.